The monoisotopic (exact) mass is 183 g/mol. The van der Waals surface area contributed by atoms with E-state index in [4.69, 9.17) is 9.52 Å². The van der Waals surface area contributed by atoms with E-state index in [9.17, 15) is 0 Å². The number of aliphatic hydroxyl groups excluding tert-OH is 1. The molecule has 0 aliphatic rings. The van der Waals surface area contributed by atoms with E-state index in [0.29, 0.717) is 6.54 Å². The lowest BCUT2D eigenvalue weighted by Gasteiger charge is -2.12. The molecule has 2 atom stereocenters. The van der Waals surface area contributed by atoms with Gasteiger partial charge in [0.2, 0.25) is 0 Å². The molecule has 0 saturated heterocycles. The maximum Gasteiger partial charge on any atom is 0.120 e. The highest BCUT2D eigenvalue weighted by Crippen LogP contribution is 2.14. The van der Waals surface area contributed by atoms with E-state index in [1.807, 2.05) is 26.0 Å². The predicted octanol–water partition coefficient (Wildman–Crippen LogP) is 1.62. The highest BCUT2D eigenvalue weighted by Gasteiger charge is 2.08. The normalized spacial score (nSPS) is 15.7. The van der Waals surface area contributed by atoms with Crippen LogP contribution in [0.4, 0.5) is 0 Å². The van der Waals surface area contributed by atoms with E-state index in [1.54, 1.807) is 6.92 Å². The summed E-state index contributed by atoms with van der Waals surface area (Å²) in [5.74, 6) is 1.83. The summed E-state index contributed by atoms with van der Waals surface area (Å²) >= 11 is 0. The molecule has 0 saturated carbocycles. The highest BCUT2D eigenvalue weighted by atomic mass is 16.3. The topological polar surface area (TPSA) is 45.4 Å². The number of nitrogens with one attached hydrogen (secondary N) is 1. The molecule has 0 fully saturated rings. The number of aliphatic hydroxyl groups is 1. The smallest absolute Gasteiger partial charge is 0.120 e. The molecule has 2 N–H and O–H groups in total. The van der Waals surface area contributed by atoms with Crippen molar-refractivity contribution in [3.63, 3.8) is 0 Å². The van der Waals surface area contributed by atoms with E-state index in [0.717, 1.165) is 11.5 Å². The molecule has 0 bridgehead atoms. The van der Waals surface area contributed by atoms with Crippen molar-refractivity contribution < 1.29 is 9.52 Å². The molecule has 0 unspecified atom stereocenters. The first kappa shape index (κ1) is 10.3. The van der Waals surface area contributed by atoms with Crippen molar-refractivity contribution in [3.8, 4) is 0 Å². The van der Waals surface area contributed by atoms with E-state index in [1.165, 1.54) is 0 Å². The Hall–Kier alpha value is -0.800. The number of furan rings is 1. The summed E-state index contributed by atoms with van der Waals surface area (Å²) in [4.78, 5) is 0. The van der Waals surface area contributed by atoms with Gasteiger partial charge in [0.05, 0.1) is 12.1 Å². The molecular formula is C10H17NO2. The quantitative estimate of drug-likeness (QED) is 0.745. The SMILES string of the molecule is Cc1ccc([C@H](C)NC[C@@H](C)O)o1. The molecule has 1 rings (SSSR count). The van der Waals surface area contributed by atoms with Gasteiger partial charge in [-0.05, 0) is 32.9 Å². The van der Waals surface area contributed by atoms with Crippen LogP contribution in [0.1, 0.15) is 31.4 Å². The third-order valence-corrected chi connectivity index (χ3v) is 1.91. The molecule has 1 heterocycles. The van der Waals surface area contributed by atoms with Gasteiger partial charge >= 0.3 is 0 Å². The van der Waals surface area contributed by atoms with Crippen molar-refractivity contribution in [3.05, 3.63) is 23.7 Å². The Balaban J connectivity index is 2.44. The summed E-state index contributed by atoms with van der Waals surface area (Å²) in [6.45, 7) is 6.28. The minimum absolute atomic E-state index is 0.156. The zero-order valence-electron chi connectivity index (χ0n) is 8.37. The Kier molecular flexibility index (Phi) is 3.51. The van der Waals surface area contributed by atoms with Crippen molar-refractivity contribution in [2.45, 2.75) is 32.9 Å². The summed E-state index contributed by atoms with van der Waals surface area (Å²) in [6.07, 6.45) is -0.321. The molecule has 13 heavy (non-hydrogen) atoms. The standard InChI is InChI=1S/C10H17NO2/c1-7(12)6-11-9(3)10-5-4-8(2)13-10/h4-5,7,9,11-12H,6H2,1-3H3/t7-,9+/m1/s1. The summed E-state index contributed by atoms with van der Waals surface area (Å²) in [6, 6.07) is 4.05. The second-order valence-corrected chi connectivity index (χ2v) is 3.43. The zero-order valence-corrected chi connectivity index (χ0v) is 8.37. The molecule has 0 amide bonds. The lowest BCUT2D eigenvalue weighted by molar-refractivity contribution is 0.185. The van der Waals surface area contributed by atoms with Gasteiger partial charge in [-0.25, -0.2) is 0 Å². The van der Waals surface area contributed by atoms with Gasteiger partial charge in [0.25, 0.3) is 0 Å². The van der Waals surface area contributed by atoms with E-state index < -0.39 is 0 Å². The molecule has 0 radical (unpaired) electrons. The zero-order chi connectivity index (χ0) is 9.84. The lowest BCUT2D eigenvalue weighted by atomic mass is 10.2. The second kappa shape index (κ2) is 4.44. The van der Waals surface area contributed by atoms with Crippen LogP contribution in [0.25, 0.3) is 0 Å². The van der Waals surface area contributed by atoms with E-state index in [2.05, 4.69) is 5.32 Å². The van der Waals surface area contributed by atoms with Gasteiger partial charge in [-0.2, -0.15) is 0 Å². The molecule has 0 aromatic carbocycles. The Morgan fingerprint density at radius 2 is 2.15 bits per heavy atom. The van der Waals surface area contributed by atoms with Crippen LogP contribution in [0.15, 0.2) is 16.5 Å². The largest absolute Gasteiger partial charge is 0.465 e. The van der Waals surface area contributed by atoms with Crippen molar-refractivity contribution in [1.82, 2.24) is 5.32 Å². The fourth-order valence-electron chi connectivity index (χ4n) is 1.13. The third-order valence-electron chi connectivity index (χ3n) is 1.91. The molecule has 0 aliphatic carbocycles. The van der Waals surface area contributed by atoms with Crippen molar-refractivity contribution in [2.75, 3.05) is 6.54 Å². The van der Waals surface area contributed by atoms with E-state index in [-0.39, 0.29) is 12.1 Å². The van der Waals surface area contributed by atoms with Crippen LogP contribution in [0.2, 0.25) is 0 Å². The Morgan fingerprint density at radius 3 is 2.62 bits per heavy atom. The summed E-state index contributed by atoms with van der Waals surface area (Å²) in [5.41, 5.74) is 0. The minimum atomic E-state index is -0.321. The first-order chi connectivity index (χ1) is 6.09. The van der Waals surface area contributed by atoms with Crippen LogP contribution in [0, 0.1) is 6.92 Å². The average molecular weight is 183 g/mol. The predicted molar refractivity (Wildman–Crippen MR) is 51.5 cm³/mol. The molecule has 3 nitrogen and oxygen atoms in total. The van der Waals surface area contributed by atoms with Crippen LogP contribution >= 0.6 is 0 Å². The second-order valence-electron chi connectivity index (χ2n) is 3.43. The fraction of sp³-hybridized carbons (Fsp3) is 0.600. The summed E-state index contributed by atoms with van der Waals surface area (Å²) < 4.78 is 5.43. The van der Waals surface area contributed by atoms with Crippen LogP contribution in [0.3, 0.4) is 0 Å². The van der Waals surface area contributed by atoms with Gasteiger partial charge in [0.15, 0.2) is 0 Å². The van der Waals surface area contributed by atoms with Gasteiger partial charge in [-0.3, -0.25) is 0 Å². The molecule has 0 spiro atoms. The van der Waals surface area contributed by atoms with Gasteiger partial charge in [-0.1, -0.05) is 0 Å². The first-order valence-electron chi connectivity index (χ1n) is 4.57. The number of hydrogen-bond donors (Lipinski definition) is 2. The molecule has 1 aromatic rings. The van der Waals surface area contributed by atoms with E-state index >= 15 is 0 Å². The third kappa shape index (κ3) is 3.20. The Bertz CT molecular complexity index is 255. The highest BCUT2D eigenvalue weighted by molar-refractivity contribution is 5.08. The van der Waals surface area contributed by atoms with Crippen molar-refractivity contribution in [2.24, 2.45) is 0 Å². The van der Waals surface area contributed by atoms with Gasteiger partial charge in [-0.15, -0.1) is 0 Å². The van der Waals surface area contributed by atoms with Crippen molar-refractivity contribution >= 4 is 0 Å². The summed E-state index contributed by atoms with van der Waals surface area (Å²) in [7, 11) is 0. The molecular weight excluding hydrogens is 166 g/mol. The maximum atomic E-state index is 9.06. The molecule has 0 aliphatic heterocycles. The summed E-state index contributed by atoms with van der Waals surface area (Å²) in [5, 5.41) is 12.2. The Labute approximate surface area is 78.8 Å². The first-order valence-corrected chi connectivity index (χ1v) is 4.57. The van der Waals surface area contributed by atoms with Crippen LogP contribution in [-0.2, 0) is 0 Å². The van der Waals surface area contributed by atoms with Gasteiger partial charge in [0, 0.05) is 6.54 Å². The maximum absolute atomic E-state index is 9.06. The van der Waals surface area contributed by atoms with Gasteiger partial charge < -0.3 is 14.8 Å². The number of hydrogen-bond acceptors (Lipinski definition) is 3. The van der Waals surface area contributed by atoms with Crippen molar-refractivity contribution in [1.29, 1.82) is 0 Å². The van der Waals surface area contributed by atoms with Crippen LogP contribution < -0.4 is 5.32 Å². The lowest BCUT2D eigenvalue weighted by Crippen LogP contribution is -2.26. The number of aryl methyl sites for hydroxylation is 1. The molecule has 3 heteroatoms. The fourth-order valence-corrected chi connectivity index (χ4v) is 1.13. The van der Waals surface area contributed by atoms with Gasteiger partial charge in [0.1, 0.15) is 11.5 Å². The minimum Gasteiger partial charge on any atom is -0.465 e. The number of rotatable bonds is 4. The van der Waals surface area contributed by atoms with Crippen LogP contribution in [-0.4, -0.2) is 17.8 Å². The molecule has 74 valence electrons. The van der Waals surface area contributed by atoms with Crippen LogP contribution in [0.5, 0.6) is 0 Å². The molecule has 1 aromatic heterocycles. The Morgan fingerprint density at radius 1 is 1.46 bits per heavy atom. The average Bonchev–Trinajstić information content (AvgIpc) is 2.47.